The molecule has 0 aliphatic rings. The molecule has 0 saturated carbocycles. The Labute approximate surface area is 188 Å². The molecule has 0 aliphatic carbocycles. The molecule has 32 heavy (non-hydrogen) atoms. The van der Waals surface area contributed by atoms with Gasteiger partial charge in [-0.3, -0.25) is 13.6 Å². The van der Waals surface area contributed by atoms with Crippen LogP contribution in [0.25, 0.3) is 0 Å². The van der Waals surface area contributed by atoms with E-state index in [0.29, 0.717) is 17.2 Å². The third kappa shape index (κ3) is 9.12. The van der Waals surface area contributed by atoms with Crippen molar-refractivity contribution in [3.63, 3.8) is 0 Å². The van der Waals surface area contributed by atoms with Gasteiger partial charge in [-0.25, -0.2) is 4.57 Å². The number of phosphoric ester groups is 1. The van der Waals surface area contributed by atoms with Gasteiger partial charge in [0, 0.05) is 0 Å². The minimum absolute atomic E-state index is 0.0330. The molecule has 7 nitrogen and oxygen atoms in total. The van der Waals surface area contributed by atoms with E-state index in [1.54, 1.807) is 0 Å². The highest BCUT2D eigenvalue weighted by Crippen LogP contribution is 2.49. The van der Waals surface area contributed by atoms with Gasteiger partial charge in [-0.2, -0.15) is 0 Å². The second kappa shape index (κ2) is 13.6. The number of ether oxygens (including phenoxy) is 3. The van der Waals surface area contributed by atoms with E-state index in [4.69, 9.17) is 27.8 Å². The van der Waals surface area contributed by atoms with Crippen LogP contribution in [0.15, 0.2) is 91.0 Å². The van der Waals surface area contributed by atoms with Crippen LogP contribution < -0.4 is 14.2 Å². The molecule has 0 N–H and O–H groups in total. The van der Waals surface area contributed by atoms with Gasteiger partial charge in [-0.1, -0.05) is 54.6 Å². The molecular weight excluding hydrogens is 431 g/mol. The van der Waals surface area contributed by atoms with Crippen molar-refractivity contribution >= 4 is 7.82 Å². The number of hydrogen-bond acceptors (Lipinski definition) is 7. The zero-order chi connectivity index (χ0) is 22.3. The molecule has 0 heterocycles. The highest BCUT2D eigenvalue weighted by Gasteiger charge is 2.27. The van der Waals surface area contributed by atoms with Crippen molar-refractivity contribution in [2.45, 2.75) is 0 Å². The van der Waals surface area contributed by atoms with Crippen LogP contribution in [0.1, 0.15) is 0 Å². The maximum atomic E-state index is 13.0. The van der Waals surface area contributed by atoms with E-state index in [0.717, 1.165) is 0 Å². The summed E-state index contributed by atoms with van der Waals surface area (Å²) in [5.41, 5.74) is 0. The molecule has 170 valence electrons. The van der Waals surface area contributed by atoms with Gasteiger partial charge in [0.15, 0.2) is 0 Å². The molecule has 0 unspecified atom stereocenters. The van der Waals surface area contributed by atoms with Crippen LogP contribution in [0.3, 0.4) is 0 Å². The fraction of sp³-hybridized carbons (Fsp3) is 0.250. The number of rotatable bonds is 15. The standard InChI is InChI=1S/C24H27O7P/c25-32(29-19-16-26-22-10-4-1-5-11-22,30-20-17-27-23-12-6-2-7-13-23)31-21-18-28-24-14-8-3-9-15-24/h1-15H,16-21H2. The zero-order valence-corrected chi connectivity index (χ0v) is 18.6. The van der Waals surface area contributed by atoms with Gasteiger partial charge < -0.3 is 14.2 Å². The second-order valence-electron chi connectivity index (χ2n) is 6.43. The number of benzene rings is 3. The molecule has 0 saturated heterocycles. The summed E-state index contributed by atoms with van der Waals surface area (Å²) in [4.78, 5) is 0. The van der Waals surface area contributed by atoms with Gasteiger partial charge in [0.2, 0.25) is 0 Å². The molecule has 0 fully saturated rings. The molecular formula is C24H27O7P. The van der Waals surface area contributed by atoms with Crippen LogP contribution >= 0.6 is 7.82 Å². The summed E-state index contributed by atoms with van der Waals surface area (Å²) in [5, 5.41) is 0. The predicted molar refractivity (Wildman–Crippen MR) is 121 cm³/mol. The molecule has 3 aromatic rings. The van der Waals surface area contributed by atoms with E-state index in [-0.39, 0.29) is 39.6 Å². The Kier molecular flexibility index (Phi) is 10.1. The first-order valence-corrected chi connectivity index (χ1v) is 11.8. The molecule has 8 heteroatoms. The van der Waals surface area contributed by atoms with E-state index in [1.807, 2.05) is 91.0 Å². The average molecular weight is 458 g/mol. The first-order chi connectivity index (χ1) is 15.7. The lowest BCUT2D eigenvalue weighted by Gasteiger charge is -2.18. The van der Waals surface area contributed by atoms with Crippen molar-refractivity contribution in [3.05, 3.63) is 91.0 Å². The average Bonchev–Trinajstić information content (AvgIpc) is 2.85. The molecule has 0 amide bonds. The largest absolute Gasteiger partial charge is 0.491 e. The van der Waals surface area contributed by atoms with Gasteiger partial charge >= 0.3 is 7.82 Å². The summed E-state index contributed by atoms with van der Waals surface area (Å²) < 4.78 is 46.0. The maximum absolute atomic E-state index is 13.0. The van der Waals surface area contributed by atoms with Gasteiger partial charge in [0.25, 0.3) is 0 Å². The Morgan fingerprint density at radius 2 is 0.719 bits per heavy atom. The zero-order valence-electron chi connectivity index (χ0n) is 17.7. The molecule has 0 aliphatic heterocycles. The summed E-state index contributed by atoms with van der Waals surface area (Å²) in [5.74, 6) is 2.08. The van der Waals surface area contributed by atoms with E-state index < -0.39 is 7.82 Å². The quantitative estimate of drug-likeness (QED) is 0.224. The molecule has 0 atom stereocenters. The van der Waals surface area contributed by atoms with Crippen molar-refractivity contribution in [1.29, 1.82) is 0 Å². The van der Waals surface area contributed by atoms with Gasteiger partial charge in [-0.15, -0.1) is 0 Å². The fourth-order valence-electron chi connectivity index (χ4n) is 2.59. The van der Waals surface area contributed by atoms with Gasteiger partial charge in [0.05, 0.1) is 19.8 Å². The van der Waals surface area contributed by atoms with E-state index in [1.165, 1.54) is 0 Å². The summed E-state index contributed by atoms with van der Waals surface area (Å²) >= 11 is 0. The lowest BCUT2D eigenvalue weighted by molar-refractivity contribution is 0.0806. The molecule has 0 radical (unpaired) electrons. The normalized spacial score (nSPS) is 11.1. The monoisotopic (exact) mass is 458 g/mol. The Morgan fingerprint density at radius 1 is 0.438 bits per heavy atom. The maximum Gasteiger partial charge on any atom is 0.475 e. The van der Waals surface area contributed by atoms with E-state index in [2.05, 4.69) is 0 Å². The van der Waals surface area contributed by atoms with E-state index in [9.17, 15) is 4.57 Å². The second-order valence-corrected chi connectivity index (χ2v) is 8.10. The van der Waals surface area contributed by atoms with Crippen LogP contribution in [-0.4, -0.2) is 39.6 Å². The van der Waals surface area contributed by atoms with E-state index >= 15 is 0 Å². The Hall–Kier alpha value is -2.83. The van der Waals surface area contributed by atoms with Crippen molar-refractivity contribution in [2.75, 3.05) is 39.6 Å². The van der Waals surface area contributed by atoms with Crippen LogP contribution in [0, 0.1) is 0 Å². The first-order valence-electron chi connectivity index (χ1n) is 10.3. The van der Waals surface area contributed by atoms with Gasteiger partial charge in [0.1, 0.15) is 37.1 Å². The number of hydrogen-bond donors (Lipinski definition) is 0. The SMILES string of the molecule is O=P(OCCOc1ccccc1)(OCCOc1ccccc1)OCCOc1ccccc1. The minimum Gasteiger partial charge on any atom is -0.491 e. The first kappa shape index (κ1) is 23.8. The van der Waals surface area contributed by atoms with Crippen molar-refractivity contribution in [3.8, 4) is 17.2 Å². The number of para-hydroxylation sites is 3. The Morgan fingerprint density at radius 3 is 1.00 bits per heavy atom. The van der Waals surface area contributed by atoms with Crippen LogP contribution in [-0.2, 0) is 18.1 Å². The highest BCUT2D eigenvalue weighted by atomic mass is 31.2. The van der Waals surface area contributed by atoms with Crippen molar-refractivity contribution < 1.29 is 32.3 Å². The van der Waals surface area contributed by atoms with Crippen molar-refractivity contribution in [2.24, 2.45) is 0 Å². The van der Waals surface area contributed by atoms with Crippen LogP contribution in [0.2, 0.25) is 0 Å². The molecule has 0 bridgehead atoms. The fourth-order valence-corrected chi connectivity index (χ4v) is 3.71. The van der Waals surface area contributed by atoms with Crippen LogP contribution in [0.5, 0.6) is 17.2 Å². The summed E-state index contributed by atoms with van der Waals surface area (Å²) in [6, 6.07) is 27.9. The van der Waals surface area contributed by atoms with Crippen LogP contribution in [0.4, 0.5) is 0 Å². The Bertz CT molecular complexity index is 800. The molecule has 3 rings (SSSR count). The van der Waals surface area contributed by atoms with Crippen molar-refractivity contribution in [1.82, 2.24) is 0 Å². The highest BCUT2D eigenvalue weighted by molar-refractivity contribution is 7.48. The summed E-state index contributed by atoms with van der Waals surface area (Å²) in [7, 11) is -3.82. The summed E-state index contributed by atoms with van der Waals surface area (Å²) in [6.07, 6.45) is 0. The van der Waals surface area contributed by atoms with Gasteiger partial charge in [-0.05, 0) is 36.4 Å². The molecule has 0 spiro atoms. The lowest BCUT2D eigenvalue weighted by Crippen LogP contribution is -2.13. The Balaban J connectivity index is 1.43. The minimum atomic E-state index is -3.82. The lowest BCUT2D eigenvalue weighted by atomic mass is 10.3. The third-order valence-electron chi connectivity index (χ3n) is 4.03. The predicted octanol–water partition coefficient (Wildman–Crippen LogP) is 5.38. The molecule has 3 aromatic carbocycles. The third-order valence-corrected chi connectivity index (χ3v) is 5.53. The topological polar surface area (TPSA) is 72.5 Å². The summed E-state index contributed by atoms with van der Waals surface area (Å²) in [6.45, 7) is 0.688. The molecule has 0 aromatic heterocycles. The number of phosphoric acid groups is 1. The smallest absolute Gasteiger partial charge is 0.475 e.